The number of benzene rings is 1. The van der Waals surface area contributed by atoms with Crippen LogP contribution in [0.15, 0.2) is 24.3 Å². The summed E-state index contributed by atoms with van der Waals surface area (Å²) >= 11 is 0. The molecule has 0 aliphatic carbocycles. The molecular formula is C39H57N7O18. The van der Waals surface area contributed by atoms with Crippen molar-refractivity contribution in [1.29, 1.82) is 0 Å². The second kappa shape index (κ2) is 22.0. The van der Waals surface area contributed by atoms with Gasteiger partial charge in [-0.25, -0.2) is 0 Å². The minimum atomic E-state index is -2.33. The van der Waals surface area contributed by atoms with Gasteiger partial charge in [0.15, 0.2) is 6.23 Å². The van der Waals surface area contributed by atoms with Crippen molar-refractivity contribution in [2.24, 2.45) is 11.7 Å². The predicted molar refractivity (Wildman–Crippen MR) is 213 cm³/mol. The number of carboxylic acids is 1. The van der Waals surface area contributed by atoms with Crippen LogP contribution in [0, 0.1) is 5.92 Å². The summed E-state index contributed by atoms with van der Waals surface area (Å²) in [7, 11) is 0. The van der Waals surface area contributed by atoms with Crippen LogP contribution >= 0.6 is 0 Å². The number of amides is 6. The lowest BCUT2D eigenvalue weighted by atomic mass is 9.96. The number of hydrogen-bond donors (Lipinski definition) is 14. The van der Waals surface area contributed by atoms with Crippen molar-refractivity contribution in [3.05, 3.63) is 29.8 Å². The number of ether oxygens (including phenoxy) is 1. The smallest absolute Gasteiger partial charge is 0.311 e. The lowest BCUT2D eigenvalue weighted by Gasteiger charge is -2.34. The van der Waals surface area contributed by atoms with E-state index in [1.54, 1.807) is 0 Å². The molecule has 3 fully saturated rings. The molecule has 1 aromatic rings. The summed E-state index contributed by atoms with van der Waals surface area (Å²) in [4.78, 5) is 108. The lowest BCUT2D eigenvalue weighted by Crippen LogP contribution is -2.64. The fraction of sp³-hybridized carbons (Fsp3) is 0.641. The van der Waals surface area contributed by atoms with Crippen LogP contribution in [0.2, 0.25) is 0 Å². The average molecular weight is 912 g/mol. The molecule has 356 valence electrons. The van der Waals surface area contributed by atoms with Gasteiger partial charge in [0.25, 0.3) is 0 Å². The van der Waals surface area contributed by atoms with Gasteiger partial charge in [0, 0.05) is 44.7 Å². The number of carboxylic acid groups (broad SMARTS) is 1. The highest BCUT2D eigenvalue weighted by atomic mass is 16.5. The third kappa shape index (κ3) is 12.4. The Labute approximate surface area is 365 Å². The number of aliphatic carboxylic acids is 1. The molecule has 25 nitrogen and oxygen atoms in total. The largest absolute Gasteiger partial charge is 0.481 e. The Balaban J connectivity index is 1.75. The minimum Gasteiger partial charge on any atom is -0.481 e. The number of fused-ring (bicyclic) bond motifs is 2. The molecule has 25 heteroatoms. The number of esters is 1. The number of rotatable bonds is 10. The maximum atomic E-state index is 14.2. The number of carbonyl (C=O) groups is 8. The number of aliphatic hydroxyl groups is 8. The van der Waals surface area contributed by atoms with E-state index in [1.807, 2.05) is 5.32 Å². The topological polar surface area (TPSA) is 408 Å². The molecular weight excluding hydrogens is 854 g/mol. The van der Waals surface area contributed by atoms with E-state index in [-0.39, 0.29) is 37.1 Å². The summed E-state index contributed by atoms with van der Waals surface area (Å²) in [6, 6.07) is -6.55. The second-order valence-electron chi connectivity index (χ2n) is 16.3. The Morgan fingerprint density at radius 1 is 0.750 bits per heavy atom. The maximum Gasteiger partial charge on any atom is 0.311 e. The van der Waals surface area contributed by atoms with E-state index in [9.17, 15) is 79.2 Å². The molecule has 4 rings (SSSR count). The van der Waals surface area contributed by atoms with Gasteiger partial charge < -0.3 is 87.5 Å². The Hall–Kier alpha value is -5.38. The zero-order chi connectivity index (χ0) is 47.9. The number of nitrogens with two attached hydrogens (primary N) is 1. The molecule has 0 aromatic heterocycles. The van der Waals surface area contributed by atoms with E-state index in [1.165, 1.54) is 31.2 Å². The lowest BCUT2D eigenvalue weighted by molar-refractivity contribution is -0.148. The van der Waals surface area contributed by atoms with Gasteiger partial charge in [-0.3, -0.25) is 38.4 Å². The Morgan fingerprint density at radius 2 is 1.31 bits per heavy atom. The van der Waals surface area contributed by atoms with Crippen LogP contribution in [0.3, 0.4) is 0 Å². The van der Waals surface area contributed by atoms with Crippen LogP contribution in [-0.2, 0) is 38.4 Å². The van der Waals surface area contributed by atoms with E-state index in [2.05, 4.69) is 16.0 Å². The second-order valence-corrected chi connectivity index (χ2v) is 16.3. The van der Waals surface area contributed by atoms with Crippen molar-refractivity contribution in [2.75, 3.05) is 13.1 Å². The fourth-order valence-electron chi connectivity index (χ4n) is 7.55. The first-order chi connectivity index (χ1) is 29.9. The van der Waals surface area contributed by atoms with Gasteiger partial charge in [-0.1, -0.05) is 19.1 Å². The van der Waals surface area contributed by atoms with Gasteiger partial charge >= 0.3 is 11.9 Å². The van der Waals surface area contributed by atoms with Gasteiger partial charge in [-0.05, 0) is 38.0 Å². The first kappa shape index (κ1) is 51.3. The summed E-state index contributed by atoms with van der Waals surface area (Å²) in [5.74, 6) is -10.1. The highest BCUT2D eigenvalue weighted by molar-refractivity contribution is 5.98. The van der Waals surface area contributed by atoms with Crippen molar-refractivity contribution >= 4 is 47.4 Å². The summed E-state index contributed by atoms with van der Waals surface area (Å²) in [5, 5.41) is 105. The number of nitrogens with one attached hydrogen (secondary N) is 4. The third-order valence-corrected chi connectivity index (χ3v) is 11.2. The predicted octanol–water partition coefficient (Wildman–Crippen LogP) is -6.85. The summed E-state index contributed by atoms with van der Waals surface area (Å²) in [6.07, 6.45) is -16.8. The van der Waals surface area contributed by atoms with Crippen molar-refractivity contribution in [1.82, 2.24) is 31.1 Å². The number of hydrogen-bond acceptors (Lipinski definition) is 18. The van der Waals surface area contributed by atoms with Gasteiger partial charge in [0.1, 0.15) is 54.3 Å². The molecule has 0 bridgehead atoms. The Morgan fingerprint density at radius 3 is 1.89 bits per heavy atom. The molecule has 6 amide bonds. The van der Waals surface area contributed by atoms with Crippen LogP contribution in [-0.4, -0.2) is 195 Å². The third-order valence-electron chi connectivity index (χ3n) is 11.2. The Kier molecular flexibility index (Phi) is 17.6. The van der Waals surface area contributed by atoms with E-state index in [0.29, 0.717) is 0 Å². The minimum absolute atomic E-state index is 0.00382. The number of aliphatic hydroxyl groups excluding tert-OH is 8. The summed E-state index contributed by atoms with van der Waals surface area (Å²) in [6.45, 7) is 2.72. The first-order valence-corrected chi connectivity index (χ1v) is 20.5. The number of nitrogens with zero attached hydrogens (tertiary/aromatic N) is 2. The van der Waals surface area contributed by atoms with Gasteiger partial charge in [0.05, 0.1) is 30.5 Å². The molecule has 0 unspecified atom stereocenters. The molecule has 0 radical (unpaired) electrons. The summed E-state index contributed by atoms with van der Waals surface area (Å²) < 4.78 is 5.16. The first-order valence-electron chi connectivity index (χ1n) is 20.5. The fourth-order valence-corrected chi connectivity index (χ4v) is 7.55. The molecule has 15 atom stereocenters. The Bertz CT molecular complexity index is 1890. The normalized spacial score (nSPS) is 32.1. The maximum absolute atomic E-state index is 14.2. The van der Waals surface area contributed by atoms with E-state index in [0.717, 1.165) is 23.6 Å². The molecule has 3 heterocycles. The number of carbonyl (C=O) groups excluding carboxylic acids is 7. The van der Waals surface area contributed by atoms with Crippen molar-refractivity contribution < 1.29 is 89.1 Å². The molecule has 0 saturated carbocycles. The SMILES string of the molecule is C[C@@H]1CN2C(=O)[C@H]([C@@H](C)O)NC(=O)[C@H]([C@H](O)[C@@H](O)c3ccc(OC(=O)CCCC(=O)O)cc3)NC(=O)[C@@H]3C[C@@H](O)CN3C(=O)[C@H]([C@@H](C)O)NC(=O)[C@@H](N)C[C@@H](O)[C@@H](O)NC(=O)[C@@H]2[C@@H]1O. The van der Waals surface area contributed by atoms with Crippen molar-refractivity contribution in [3.8, 4) is 5.75 Å². The van der Waals surface area contributed by atoms with Crippen LogP contribution in [0.25, 0.3) is 0 Å². The molecule has 64 heavy (non-hydrogen) atoms. The molecule has 15 N–H and O–H groups in total. The van der Waals surface area contributed by atoms with Crippen molar-refractivity contribution in [2.45, 2.75) is 138 Å². The molecule has 0 spiro atoms. The van der Waals surface area contributed by atoms with Gasteiger partial charge in [0.2, 0.25) is 35.4 Å². The van der Waals surface area contributed by atoms with Gasteiger partial charge in [-0.2, -0.15) is 0 Å². The van der Waals surface area contributed by atoms with Crippen molar-refractivity contribution in [3.63, 3.8) is 0 Å². The monoisotopic (exact) mass is 911 g/mol. The molecule has 3 aliphatic heterocycles. The van der Waals surface area contributed by atoms with E-state index >= 15 is 0 Å². The van der Waals surface area contributed by atoms with E-state index in [4.69, 9.17) is 15.6 Å². The summed E-state index contributed by atoms with van der Waals surface area (Å²) in [5.41, 5.74) is 5.82. The van der Waals surface area contributed by atoms with Crippen LogP contribution in [0.1, 0.15) is 64.5 Å². The highest BCUT2D eigenvalue weighted by Gasteiger charge is 2.50. The highest BCUT2D eigenvalue weighted by Crippen LogP contribution is 2.28. The molecule has 3 saturated heterocycles. The van der Waals surface area contributed by atoms with Crippen LogP contribution < -0.4 is 31.7 Å². The zero-order valence-electron chi connectivity index (χ0n) is 35.1. The molecule has 3 aliphatic rings. The average Bonchev–Trinajstić information content (AvgIpc) is 3.77. The quantitative estimate of drug-likeness (QED) is 0.0766. The zero-order valence-corrected chi connectivity index (χ0v) is 35.1. The standard InChI is InChI=1S/C39H57N7O18/c1-15-13-46-29(30(15)54)37(61)44-35(59)23(50)12-21(40)33(57)41-26(16(2)47)38(62)45-14-19(49)11-22(45)34(58)43-28(36(60)42-27(17(3)48)39(46)63)32(56)31(55)18-7-9-20(10-8-18)64-25(53)6-4-5-24(51)52/h7-10,15-17,19,21-23,26-32,35,47-50,54-56,59H,4-6,11-14,40H2,1-3H3,(H,41,57)(H,42,60)(H,43,58)(H,44,61)(H,51,52)/t15-,16-,17-,19-,21+,22+,23-,26+,27+,28+,29+,30-,31+,32+,35-/m1/s1. The molecule has 1 aromatic carbocycles. The van der Waals surface area contributed by atoms with E-state index < -0.39 is 158 Å². The van der Waals surface area contributed by atoms with Crippen LogP contribution in [0.5, 0.6) is 5.75 Å². The van der Waals surface area contributed by atoms with Gasteiger partial charge in [-0.15, -0.1) is 0 Å². The van der Waals surface area contributed by atoms with Crippen LogP contribution in [0.4, 0.5) is 0 Å².